The lowest BCUT2D eigenvalue weighted by atomic mass is 9.95. The number of carbonyl (C=O) groups excluding carboxylic acids is 2. The molecule has 5 rings (SSSR count). The molecule has 2 heterocycles. The van der Waals surface area contributed by atoms with E-state index in [4.69, 9.17) is 15.2 Å². The molecule has 2 N–H and O–H groups in total. The average molecular weight is 590 g/mol. The summed E-state index contributed by atoms with van der Waals surface area (Å²) in [5.41, 5.74) is 6.63. The Morgan fingerprint density at radius 3 is 1.93 bits per heavy atom. The van der Waals surface area contributed by atoms with E-state index in [9.17, 15) is 24.4 Å². The maximum Gasteiger partial charge on any atom is 0.332 e. The molecular formula is C33H27N5O6. The van der Waals surface area contributed by atoms with E-state index in [2.05, 4.69) is 4.98 Å². The van der Waals surface area contributed by atoms with Gasteiger partial charge in [0.05, 0.1) is 26.2 Å². The van der Waals surface area contributed by atoms with Crippen LogP contribution >= 0.6 is 0 Å². The largest absolute Gasteiger partial charge is 0.497 e. The summed E-state index contributed by atoms with van der Waals surface area (Å²) in [4.78, 5) is 57.3. The zero-order valence-electron chi connectivity index (χ0n) is 24.2. The summed E-state index contributed by atoms with van der Waals surface area (Å²) < 4.78 is 12.2. The third-order valence-corrected chi connectivity index (χ3v) is 7.35. The van der Waals surface area contributed by atoms with E-state index >= 15 is 0 Å². The summed E-state index contributed by atoms with van der Waals surface area (Å²) in [5.74, 6) is 0.465. The van der Waals surface area contributed by atoms with Crippen LogP contribution in [0.4, 0.5) is 5.82 Å². The summed E-state index contributed by atoms with van der Waals surface area (Å²) in [5, 5.41) is 9.97. The van der Waals surface area contributed by atoms with Crippen LogP contribution in [0.5, 0.6) is 11.5 Å². The van der Waals surface area contributed by atoms with Crippen LogP contribution in [0, 0.1) is 11.3 Å². The Kier molecular flexibility index (Phi) is 8.08. The summed E-state index contributed by atoms with van der Waals surface area (Å²) >= 11 is 0. The number of nitrogens with zero attached hydrogens (tertiary/aromatic N) is 4. The van der Waals surface area contributed by atoms with Gasteiger partial charge in [0.25, 0.3) is 5.56 Å². The van der Waals surface area contributed by atoms with Gasteiger partial charge in [-0.25, -0.2) is 9.78 Å². The molecule has 0 saturated heterocycles. The van der Waals surface area contributed by atoms with Gasteiger partial charge in [-0.3, -0.25) is 23.5 Å². The quantitative estimate of drug-likeness (QED) is 0.254. The number of ether oxygens (including phenoxy) is 2. The highest BCUT2D eigenvalue weighted by molar-refractivity contribution is 6.00. The maximum atomic E-state index is 13.9. The fourth-order valence-electron chi connectivity index (χ4n) is 4.94. The number of nitrogens with two attached hydrogens (primary N) is 1. The van der Waals surface area contributed by atoms with Crippen LogP contribution in [0.15, 0.2) is 82.4 Å². The number of fused-ring (bicyclic) bond motifs is 1. The number of pyridine rings is 1. The third-order valence-electron chi connectivity index (χ3n) is 7.35. The first-order valence-corrected chi connectivity index (χ1v) is 13.4. The lowest BCUT2D eigenvalue weighted by molar-refractivity contribution is 0.0966. The minimum atomic E-state index is -0.789. The van der Waals surface area contributed by atoms with Gasteiger partial charge in [-0.2, -0.15) is 5.26 Å². The second kappa shape index (κ2) is 12.1. The van der Waals surface area contributed by atoms with Gasteiger partial charge in [-0.15, -0.1) is 0 Å². The van der Waals surface area contributed by atoms with E-state index in [0.29, 0.717) is 28.2 Å². The van der Waals surface area contributed by atoms with Crippen molar-refractivity contribution in [3.05, 3.63) is 116 Å². The number of Topliss-reactive ketones (excluding diaryl/α,β-unsaturated/α-hetero) is 2. The van der Waals surface area contributed by atoms with Gasteiger partial charge in [0.2, 0.25) is 0 Å². The Morgan fingerprint density at radius 1 is 0.864 bits per heavy atom. The van der Waals surface area contributed by atoms with Gasteiger partial charge in [0, 0.05) is 30.2 Å². The van der Waals surface area contributed by atoms with Gasteiger partial charge in [0.1, 0.15) is 28.9 Å². The first-order chi connectivity index (χ1) is 21.2. The summed E-state index contributed by atoms with van der Waals surface area (Å²) in [6.45, 7) is -0.536. The zero-order valence-corrected chi connectivity index (χ0v) is 24.2. The number of nitrogen functional groups attached to an aromatic ring is 1. The van der Waals surface area contributed by atoms with Crippen LogP contribution in [0.2, 0.25) is 0 Å². The normalized spacial score (nSPS) is 10.8. The SMILES string of the molecule is COc1ccc(C(=O)Cc2ccc(-c3c(C#N)c(N)nc4c3c(=O)n(CC(=O)c3ccc(OC)cc3)c(=O)n4C)cc2)cc1. The number of aromatic nitrogens is 3. The second-order valence-electron chi connectivity index (χ2n) is 9.97. The second-order valence-corrected chi connectivity index (χ2v) is 9.97. The molecule has 0 aliphatic carbocycles. The van der Waals surface area contributed by atoms with Crippen molar-refractivity contribution < 1.29 is 19.1 Å². The third kappa shape index (κ3) is 5.44. The number of methoxy groups -OCH3 is 2. The van der Waals surface area contributed by atoms with Crippen LogP contribution in [-0.2, 0) is 20.0 Å². The molecule has 11 heteroatoms. The number of hydrogen-bond donors (Lipinski definition) is 1. The molecule has 0 amide bonds. The van der Waals surface area contributed by atoms with Crippen molar-refractivity contribution in [3.8, 4) is 28.7 Å². The van der Waals surface area contributed by atoms with E-state index in [1.807, 2.05) is 6.07 Å². The molecule has 0 saturated carbocycles. The number of ketones is 2. The van der Waals surface area contributed by atoms with Gasteiger partial charge < -0.3 is 15.2 Å². The molecule has 0 radical (unpaired) electrons. The number of anilines is 1. The molecular weight excluding hydrogens is 562 g/mol. The van der Waals surface area contributed by atoms with Crippen LogP contribution in [0.3, 0.4) is 0 Å². The Hall–Kier alpha value is -6.02. The molecule has 44 heavy (non-hydrogen) atoms. The molecule has 0 bridgehead atoms. The van der Waals surface area contributed by atoms with Crippen LogP contribution in [-0.4, -0.2) is 39.9 Å². The molecule has 0 atom stereocenters. The molecule has 0 spiro atoms. The monoisotopic (exact) mass is 589 g/mol. The molecule has 2 aromatic heterocycles. The van der Waals surface area contributed by atoms with Crippen molar-refractivity contribution in [3.63, 3.8) is 0 Å². The minimum absolute atomic E-state index is 0.0293. The summed E-state index contributed by atoms with van der Waals surface area (Å²) in [6.07, 6.45) is 0.117. The topological polar surface area (TPSA) is 159 Å². The Labute approximate surface area is 251 Å². The molecule has 5 aromatic rings. The standard InChI is InChI=1S/C33H27N5O6/c1-37-31-29(32(41)38(33(37)42)18-27(40)21-10-14-24(44-3)15-11-21)28(25(17-34)30(35)36-31)22-6-4-19(5-7-22)16-26(39)20-8-12-23(43-2)13-9-20/h4-15H,16,18H2,1-3H3,(H2,35,36). The Balaban J connectivity index is 1.57. The number of nitriles is 1. The summed E-state index contributed by atoms with van der Waals surface area (Å²) in [7, 11) is 4.46. The molecule has 3 aromatic carbocycles. The maximum absolute atomic E-state index is 13.9. The van der Waals surface area contributed by atoms with Crippen LogP contribution < -0.4 is 26.5 Å². The van der Waals surface area contributed by atoms with Crippen molar-refractivity contribution in [2.75, 3.05) is 20.0 Å². The lowest BCUT2D eigenvalue weighted by Gasteiger charge is -2.15. The number of benzene rings is 3. The van der Waals surface area contributed by atoms with Crippen molar-refractivity contribution >= 4 is 28.4 Å². The smallest absolute Gasteiger partial charge is 0.332 e. The lowest BCUT2D eigenvalue weighted by Crippen LogP contribution is -2.41. The molecule has 220 valence electrons. The number of aryl methyl sites for hydroxylation is 1. The summed E-state index contributed by atoms with van der Waals surface area (Å²) in [6, 6.07) is 21.9. The molecule has 11 nitrogen and oxygen atoms in total. The number of rotatable bonds is 9. The fourth-order valence-corrected chi connectivity index (χ4v) is 4.94. The predicted molar refractivity (Wildman–Crippen MR) is 164 cm³/mol. The zero-order chi connectivity index (χ0) is 31.5. The highest BCUT2D eigenvalue weighted by atomic mass is 16.5. The van der Waals surface area contributed by atoms with Gasteiger partial charge in [-0.05, 0) is 59.7 Å². The highest BCUT2D eigenvalue weighted by Crippen LogP contribution is 2.32. The highest BCUT2D eigenvalue weighted by Gasteiger charge is 2.23. The van der Waals surface area contributed by atoms with E-state index in [1.165, 1.54) is 14.2 Å². The van der Waals surface area contributed by atoms with Crippen molar-refractivity contribution in [2.24, 2.45) is 7.05 Å². The molecule has 0 aliphatic heterocycles. The van der Waals surface area contributed by atoms with E-state index < -0.39 is 23.6 Å². The number of carbonyl (C=O) groups is 2. The van der Waals surface area contributed by atoms with Gasteiger partial charge in [0.15, 0.2) is 17.2 Å². The van der Waals surface area contributed by atoms with E-state index in [0.717, 1.165) is 9.13 Å². The predicted octanol–water partition coefficient (Wildman–Crippen LogP) is 3.54. The first-order valence-electron chi connectivity index (χ1n) is 13.4. The van der Waals surface area contributed by atoms with Crippen molar-refractivity contribution in [2.45, 2.75) is 13.0 Å². The Morgan fingerprint density at radius 2 is 1.41 bits per heavy atom. The molecule has 0 unspecified atom stereocenters. The molecule has 0 aliphatic rings. The minimum Gasteiger partial charge on any atom is -0.497 e. The van der Waals surface area contributed by atoms with Crippen molar-refractivity contribution in [1.82, 2.24) is 14.1 Å². The number of hydrogen-bond acceptors (Lipinski definition) is 9. The van der Waals surface area contributed by atoms with Gasteiger partial charge >= 0.3 is 5.69 Å². The Bertz CT molecular complexity index is 2070. The van der Waals surface area contributed by atoms with Gasteiger partial charge in [-0.1, -0.05) is 24.3 Å². The average Bonchev–Trinajstić information content (AvgIpc) is 3.05. The van der Waals surface area contributed by atoms with E-state index in [-0.39, 0.29) is 45.7 Å². The van der Waals surface area contributed by atoms with E-state index in [1.54, 1.807) is 79.9 Å². The molecule has 0 fully saturated rings. The van der Waals surface area contributed by atoms with Crippen LogP contribution in [0.1, 0.15) is 31.8 Å². The fraction of sp³-hybridized carbons (Fsp3) is 0.152. The first kappa shape index (κ1) is 29.5. The van der Waals surface area contributed by atoms with Crippen molar-refractivity contribution in [1.29, 1.82) is 5.26 Å². The van der Waals surface area contributed by atoms with Crippen LogP contribution in [0.25, 0.3) is 22.2 Å².